The minimum absolute atomic E-state index is 0.857. The third-order valence-electron chi connectivity index (χ3n) is 2.95. The van der Waals surface area contributed by atoms with Gasteiger partial charge in [-0.25, -0.2) is 0 Å². The molecule has 1 heteroatoms. The molecule has 0 aromatic rings. The molecule has 0 aromatic carbocycles. The summed E-state index contributed by atoms with van der Waals surface area (Å²) in [6.07, 6.45) is 11.5. The van der Waals surface area contributed by atoms with Crippen molar-refractivity contribution in [3.05, 3.63) is 22.3 Å². The Labute approximate surface area is 81.9 Å². The number of halogens is 1. The number of rotatable bonds is 1. The van der Waals surface area contributed by atoms with Gasteiger partial charge >= 0.3 is 0 Å². The molecule has 2 bridgehead atoms. The van der Waals surface area contributed by atoms with Gasteiger partial charge in [-0.05, 0) is 41.1 Å². The standard InChI is InChI=1S/C10H13I/c11-6-5-10-7-8-1-3-9(10)4-2-8/h1,3,5-6,8-10H,2,4,7H2/b6-5-. The maximum absolute atomic E-state index is 2.43. The first kappa shape index (κ1) is 7.84. The van der Waals surface area contributed by atoms with E-state index in [4.69, 9.17) is 0 Å². The second-order valence-corrected chi connectivity index (χ2v) is 4.32. The van der Waals surface area contributed by atoms with Crippen molar-refractivity contribution in [3.63, 3.8) is 0 Å². The van der Waals surface area contributed by atoms with E-state index in [1.165, 1.54) is 19.3 Å². The van der Waals surface area contributed by atoms with Gasteiger partial charge in [-0.3, -0.25) is 0 Å². The maximum Gasteiger partial charge on any atom is -0.0157 e. The highest BCUT2D eigenvalue weighted by Gasteiger charge is 2.29. The summed E-state index contributed by atoms with van der Waals surface area (Å²) in [6.45, 7) is 0. The number of allylic oxidation sites excluding steroid dienone is 3. The second kappa shape index (κ2) is 3.30. The lowest BCUT2D eigenvalue weighted by molar-refractivity contribution is 0.263. The summed E-state index contributed by atoms with van der Waals surface area (Å²) in [7, 11) is 0. The van der Waals surface area contributed by atoms with E-state index in [1.54, 1.807) is 0 Å². The first-order chi connectivity index (χ1) is 5.40. The summed E-state index contributed by atoms with van der Waals surface area (Å²) in [5.74, 6) is 2.62. The van der Waals surface area contributed by atoms with Crippen molar-refractivity contribution in [1.29, 1.82) is 0 Å². The summed E-state index contributed by atoms with van der Waals surface area (Å²) in [6, 6.07) is 0. The Morgan fingerprint density at radius 1 is 1.27 bits per heavy atom. The van der Waals surface area contributed by atoms with E-state index in [0.29, 0.717) is 0 Å². The van der Waals surface area contributed by atoms with Crippen molar-refractivity contribution in [2.45, 2.75) is 19.3 Å². The van der Waals surface area contributed by atoms with Crippen LogP contribution in [0.4, 0.5) is 0 Å². The molecule has 0 spiro atoms. The van der Waals surface area contributed by atoms with Crippen molar-refractivity contribution >= 4 is 22.6 Å². The van der Waals surface area contributed by atoms with Crippen molar-refractivity contribution in [1.82, 2.24) is 0 Å². The van der Waals surface area contributed by atoms with E-state index in [1.807, 2.05) is 0 Å². The highest BCUT2D eigenvalue weighted by molar-refractivity contribution is 14.1. The number of hydrogen-bond donors (Lipinski definition) is 0. The quantitative estimate of drug-likeness (QED) is 0.499. The zero-order valence-electron chi connectivity index (χ0n) is 6.54. The molecule has 0 aliphatic heterocycles. The normalized spacial score (nSPS) is 42.1. The van der Waals surface area contributed by atoms with Crippen LogP contribution in [0.1, 0.15) is 19.3 Å². The van der Waals surface area contributed by atoms with Crippen molar-refractivity contribution in [3.8, 4) is 0 Å². The smallest absolute Gasteiger partial charge is 0.0157 e. The third-order valence-corrected chi connectivity index (χ3v) is 3.36. The Morgan fingerprint density at radius 3 is 2.64 bits per heavy atom. The zero-order valence-corrected chi connectivity index (χ0v) is 8.70. The molecule has 1 saturated carbocycles. The predicted octanol–water partition coefficient (Wildman–Crippen LogP) is 3.54. The number of fused-ring (bicyclic) bond motifs is 2. The van der Waals surface area contributed by atoms with Crippen LogP contribution in [0, 0.1) is 17.8 Å². The van der Waals surface area contributed by atoms with Crippen LogP contribution in [0.2, 0.25) is 0 Å². The highest BCUT2D eigenvalue weighted by atomic mass is 127. The van der Waals surface area contributed by atoms with Crippen LogP contribution in [0.25, 0.3) is 0 Å². The summed E-state index contributed by atoms with van der Waals surface area (Å²) >= 11 is 2.33. The minimum Gasteiger partial charge on any atom is -0.0851 e. The van der Waals surface area contributed by atoms with E-state index in [9.17, 15) is 0 Å². The van der Waals surface area contributed by atoms with Crippen molar-refractivity contribution < 1.29 is 0 Å². The molecule has 3 aliphatic rings. The molecule has 0 saturated heterocycles. The van der Waals surface area contributed by atoms with Crippen LogP contribution in [0.15, 0.2) is 22.3 Å². The Balaban J connectivity index is 2.11. The topological polar surface area (TPSA) is 0 Å². The van der Waals surface area contributed by atoms with E-state index in [-0.39, 0.29) is 0 Å². The van der Waals surface area contributed by atoms with Crippen LogP contribution in [-0.2, 0) is 0 Å². The van der Waals surface area contributed by atoms with E-state index >= 15 is 0 Å². The largest absolute Gasteiger partial charge is 0.0851 e. The van der Waals surface area contributed by atoms with Gasteiger partial charge in [0.25, 0.3) is 0 Å². The lowest BCUT2D eigenvalue weighted by Gasteiger charge is -2.36. The van der Waals surface area contributed by atoms with Gasteiger partial charge in [0.15, 0.2) is 0 Å². The summed E-state index contributed by atoms with van der Waals surface area (Å²) in [5, 5.41) is 0. The molecule has 3 aliphatic carbocycles. The molecule has 0 heterocycles. The van der Waals surface area contributed by atoms with Gasteiger partial charge in [-0.1, -0.05) is 40.8 Å². The Kier molecular flexibility index (Phi) is 2.35. The first-order valence-electron chi connectivity index (χ1n) is 4.35. The Bertz CT molecular complexity index is 193. The monoisotopic (exact) mass is 260 g/mol. The molecule has 0 aromatic heterocycles. The molecule has 3 unspecified atom stereocenters. The van der Waals surface area contributed by atoms with Gasteiger partial charge in [-0.2, -0.15) is 0 Å². The molecular formula is C10H13I. The van der Waals surface area contributed by atoms with E-state index in [0.717, 1.165) is 17.8 Å². The second-order valence-electron chi connectivity index (χ2n) is 3.60. The van der Waals surface area contributed by atoms with Crippen LogP contribution >= 0.6 is 22.6 Å². The van der Waals surface area contributed by atoms with Gasteiger partial charge in [0.1, 0.15) is 0 Å². The van der Waals surface area contributed by atoms with E-state index < -0.39 is 0 Å². The fraction of sp³-hybridized carbons (Fsp3) is 0.600. The number of hydrogen-bond acceptors (Lipinski definition) is 0. The zero-order chi connectivity index (χ0) is 7.68. The van der Waals surface area contributed by atoms with Gasteiger partial charge in [0, 0.05) is 0 Å². The Morgan fingerprint density at radius 2 is 2.18 bits per heavy atom. The highest BCUT2D eigenvalue weighted by Crippen LogP contribution is 2.40. The van der Waals surface area contributed by atoms with Gasteiger partial charge in [0.05, 0.1) is 0 Å². The average molecular weight is 260 g/mol. The lowest BCUT2D eigenvalue weighted by atomic mass is 9.69. The fourth-order valence-corrected chi connectivity index (χ4v) is 2.82. The molecule has 0 N–H and O–H groups in total. The van der Waals surface area contributed by atoms with Crippen LogP contribution in [-0.4, -0.2) is 0 Å². The van der Waals surface area contributed by atoms with E-state index in [2.05, 4.69) is 44.9 Å². The summed E-state index contributed by atoms with van der Waals surface area (Å²) in [5.41, 5.74) is 0. The molecule has 3 atom stereocenters. The predicted molar refractivity (Wildman–Crippen MR) is 56.6 cm³/mol. The lowest BCUT2D eigenvalue weighted by Crippen LogP contribution is -2.25. The Hall–Kier alpha value is 0.210. The maximum atomic E-state index is 2.43. The average Bonchev–Trinajstić information content (AvgIpc) is 2.07. The molecule has 0 amide bonds. The van der Waals surface area contributed by atoms with Crippen LogP contribution in [0.3, 0.4) is 0 Å². The molecular weight excluding hydrogens is 247 g/mol. The SMILES string of the molecule is I/C=C\C1CC2C=CC1CC2. The van der Waals surface area contributed by atoms with Crippen molar-refractivity contribution in [2.24, 2.45) is 17.8 Å². The van der Waals surface area contributed by atoms with Crippen LogP contribution < -0.4 is 0 Å². The molecule has 0 nitrogen and oxygen atoms in total. The fourth-order valence-electron chi connectivity index (χ4n) is 2.29. The third kappa shape index (κ3) is 1.53. The minimum atomic E-state index is 0.857. The summed E-state index contributed by atoms with van der Waals surface area (Å²) in [4.78, 5) is 0. The molecule has 11 heavy (non-hydrogen) atoms. The van der Waals surface area contributed by atoms with Gasteiger partial charge in [0.2, 0.25) is 0 Å². The van der Waals surface area contributed by atoms with Gasteiger partial charge < -0.3 is 0 Å². The first-order valence-corrected chi connectivity index (χ1v) is 5.60. The van der Waals surface area contributed by atoms with Crippen molar-refractivity contribution in [2.75, 3.05) is 0 Å². The molecule has 0 radical (unpaired) electrons. The molecule has 1 fully saturated rings. The molecule has 3 rings (SSSR count). The molecule has 60 valence electrons. The van der Waals surface area contributed by atoms with Gasteiger partial charge in [-0.15, -0.1) is 0 Å². The van der Waals surface area contributed by atoms with Crippen LogP contribution in [0.5, 0.6) is 0 Å². The summed E-state index contributed by atoms with van der Waals surface area (Å²) < 4.78 is 2.18.